The molecule has 1 saturated heterocycles. The second-order valence-electron chi connectivity index (χ2n) is 9.62. The van der Waals surface area contributed by atoms with Gasteiger partial charge in [0.05, 0.1) is 31.1 Å². The Morgan fingerprint density at radius 1 is 1.05 bits per heavy atom. The van der Waals surface area contributed by atoms with Crippen LogP contribution in [-0.2, 0) is 29.0 Å². The van der Waals surface area contributed by atoms with Crippen LogP contribution in [0.3, 0.4) is 0 Å². The Bertz CT molecular complexity index is 1350. The van der Waals surface area contributed by atoms with Crippen LogP contribution in [0.1, 0.15) is 78.4 Å². The van der Waals surface area contributed by atoms with Gasteiger partial charge in [0.1, 0.15) is 23.0 Å². The lowest BCUT2D eigenvalue weighted by molar-refractivity contribution is -0.123. The first-order chi connectivity index (χ1) is 18.9. The Labute approximate surface area is 228 Å². The van der Waals surface area contributed by atoms with Crippen molar-refractivity contribution in [2.24, 2.45) is 0 Å². The normalized spacial score (nSPS) is 14.6. The summed E-state index contributed by atoms with van der Waals surface area (Å²) in [5.74, 6) is 0.795. The topological polar surface area (TPSA) is 111 Å². The van der Waals surface area contributed by atoms with E-state index in [1.54, 1.807) is 37.4 Å². The van der Waals surface area contributed by atoms with Gasteiger partial charge in [0.25, 0.3) is 5.91 Å². The molecule has 0 aliphatic carbocycles. The number of hydrogen-bond acceptors (Lipinski definition) is 7. The molecule has 1 aliphatic rings. The maximum atomic E-state index is 13.5. The SMILES string of the molecule is CCCCc1ncc(/C=C2/C(=O)N(CCCC)C(=O)N2Cc2cc(C)on2)n1Cc1ccc(C(=O)OC)cc1. The number of methoxy groups -OCH3 is 1. The molecule has 0 spiro atoms. The molecule has 0 saturated carbocycles. The predicted octanol–water partition coefficient (Wildman–Crippen LogP) is 4.96. The molecule has 0 N–H and O–H groups in total. The third kappa shape index (κ3) is 6.27. The number of ether oxygens (including phenoxy) is 1. The van der Waals surface area contributed by atoms with Crippen LogP contribution in [0.5, 0.6) is 0 Å². The first kappa shape index (κ1) is 27.8. The van der Waals surface area contributed by atoms with Crippen LogP contribution in [-0.4, -0.2) is 56.1 Å². The van der Waals surface area contributed by atoms with Gasteiger partial charge in [-0.3, -0.25) is 14.6 Å². The molecule has 0 bridgehead atoms. The molecule has 4 rings (SSSR count). The third-order valence-corrected chi connectivity index (χ3v) is 6.67. The highest BCUT2D eigenvalue weighted by molar-refractivity contribution is 6.13. The van der Waals surface area contributed by atoms with E-state index in [-0.39, 0.29) is 24.2 Å². The van der Waals surface area contributed by atoms with Gasteiger partial charge in [-0.05, 0) is 43.5 Å². The van der Waals surface area contributed by atoms with Gasteiger partial charge in [0.15, 0.2) is 0 Å². The van der Waals surface area contributed by atoms with Gasteiger partial charge < -0.3 is 13.8 Å². The predicted molar refractivity (Wildman–Crippen MR) is 144 cm³/mol. The molecule has 0 atom stereocenters. The summed E-state index contributed by atoms with van der Waals surface area (Å²) in [7, 11) is 1.35. The number of unbranched alkanes of at least 4 members (excludes halogenated alkanes) is 2. The zero-order chi connectivity index (χ0) is 27.9. The summed E-state index contributed by atoms with van der Waals surface area (Å²) in [6.45, 7) is 6.90. The fraction of sp³-hybridized carbons (Fsp3) is 0.414. The number of rotatable bonds is 12. The number of benzene rings is 1. The first-order valence-electron chi connectivity index (χ1n) is 13.3. The van der Waals surface area contributed by atoms with Gasteiger partial charge in [0.2, 0.25) is 0 Å². The molecular weight excluding hydrogens is 498 g/mol. The van der Waals surface area contributed by atoms with E-state index >= 15 is 0 Å². The standard InChI is InChI=1S/C29H35N5O5/c1-5-7-9-26-30-17-24(33(26)18-21-10-12-22(13-11-21)28(36)38-4)16-25-27(35)32(14-8-6-2)29(37)34(25)19-23-15-20(3)39-31-23/h10-13,15-17H,5-9,14,18-19H2,1-4H3/b25-16-. The molecule has 2 aromatic heterocycles. The van der Waals surface area contributed by atoms with Crippen LogP contribution < -0.4 is 0 Å². The summed E-state index contributed by atoms with van der Waals surface area (Å²) in [5, 5.41) is 4.03. The minimum Gasteiger partial charge on any atom is -0.465 e. The van der Waals surface area contributed by atoms with Crippen molar-refractivity contribution in [3.63, 3.8) is 0 Å². The summed E-state index contributed by atoms with van der Waals surface area (Å²) < 4.78 is 12.1. The molecule has 1 aliphatic heterocycles. The molecule has 0 unspecified atom stereocenters. The highest BCUT2D eigenvalue weighted by atomic mass is 16.5. The molecule has 1 fully saturated rings. The Morgan fingerprint density at radius 2 is 1.79 bits per heavy atom. The van der Waals surface area contributed by atoms with E-state index in [1.807, 2.05) is 19.1 Å². The third-order valence-electron chi connectivity index (χ3n) is 6.67. The van der Waals surface area contributed by atoms with Crippen molar-refractivity contribution >= 4 is 24.0 Å². The largest absolute Gasteiger partial charge is 0.465 e. The number of carbonyl (C=O) groups is 3. The van der Waals surface area contributed by atoms with Crippen LogP contribution in [0.15, 0.2) is 46.7 Å². The van der Waals surface area contributed by atoms with E-state index in [9.17, 15) is 14.4 Å². The van der Waals surface area contributed by atoms with Crippen molar-refractivity contribution in [1.29, 1.82) is 0 Å². The van der Waals surface area contributed by atoms with Crippen molar-refractivity contribution in [2.45, 2.75) is 66.0 Å². The quantitative estimate of drug-likeness (QED) is 0.184. The fourth-order valence-electron chi connectivity index (χ4n) is 4.50. The Morgan fingerprint density at radius 3 is 2.44 bits per heavy atom. The van der Waals surface area contributed by atoms with Gasteiger partial charge in [-0.1, -0.05) is 44.0 Å². The number of hydrogen-bond donors (Lipinski definition) is 0. The highest BCUT2D eigenvalue weighted by Gasteiger charge is 2.41. The molecule has 10 heteroatoms. The number of esters is 1. The van der Waals surface area contributed by atoms with Gasteiger partial charge >= 0.3 is 12.0 Å². The van der Waals surface area contributed by atoms with Crippen molar-refractivity contribution in [1.82, 2.24) is 24.5 Å². The van der Waals surface area contributed by atoms with Gasteiger partial charge in [-0.25, -0.2) is 14.6 Å². The lowest BCUT2D eigenvalue weighted by Crippen LogP contribution is -2.33. The Hall–Kier alpha value is -4.21. The van der Waals surface area contributed by atoms with Crippen molar-refractivity contribution in [2.75, 3.05) is 13.7 Å². The number of nitrogens with zero attached hydrogens (tertiary/aromatic N) is 5. The van der Waals surface area contributed by atoms with E-state index in [0.717, 1.165) is 43.5 Å². The highest BCUT2D eigenvalue weighted by Crippen LogP contribution is 2.27. The van der Waals surface area contributed by atoms with Crippen LogP contribution >= 0.6 is 0 Å². The molecule has 1 aromatic carbocycles. The average Bonchev–Trinajstić information content (AvgIpc) is 3.59. The van der Waals surface area contributed by atoms with E-state index < -0.39 is 5.97 Å². The molecule has 39 heavy (non-hydrogen) atoms. The minimum absolute atomic E-state index is 0.127. The fourth-order valence-corrected chi connectivity index (χ4v) is 4.50. The Kier molecular flexibility index (Phi) is 8.96. The summed E-state index contributed by atoms with van der Waals surface area (Å²) in [4.78, 5) is 46.1. The minimum atomic E-state index is -0.391. The van der Waals surface area contributed by atoms with Crippen molar-refractivity contribution < 1.29 is 23.6 Å². The number of imidazole rings is 1. The van der Waals surface area contributed by atoms with Crippen LogP contribution in [0.4, 0.5) is 4.79 Å². The molecule has 0 radical (unpaired) electrons. The maximum Gasteiger partial charge on any atom is 0.337 e. The second-order valence-corrected chi connectivity index (χ2v) is 9.62. The first-order valence-corrected chi connectivity index (χ1v) is 13.3. The monoisotopic (exact) mass is 533 g/mol. The number of aromatic nitrogens is 3. The second kappa shape index (κ2) is 12.6. The molecule has 10 nitrogen and oxygen atoms in total. The molecule has 3 heterocycles. The van der Waals surface area contributed by atoms with Crippen LogP contribution in [0.2, 0.25) is 0 Å². The average molecular weight is 534 g/mol. The van der Waals surface area contributed by atoms with E-state index in [2.05, 4.69) is 21.6 Å². The van der Waals surface area contributed by atoms with Crippen LogP contribution in [0, 0.1) is 6.92 Å². The zero-order valence-corrected chi connectivity index (χ0v) is 23.0. The smallest absolute Gasteiger partial charge is 0.337 e. The number of urea groups is 1. The van der Waals surface area contributed by atoms with Crippen molar-refractivity contribution in [3.05, 3.63) is 76.3 Å². The van der Waals surface area contributed by atoms with E-state index in [1.165, 1.54) is 16.9 Å². The number of imide groups is 1. The molecule has 3 amide bonds. The van der Waals surface area contributed by atoms with Gasteiger partial charge in [-0.15, -0.1) is 0 Å². The molecule has 206 valence electrons. The van der Waals surface area contributed by atoms with Gasteiger partial charge in [0, 0.05) is 25.6 Å². The van der Waals surface area contributed by atoms with Crippen LogP contribution in [0.25, 0.3) is 6.08 Å². The molecule has 3 aromatic rings. The van der Waals surface area contributed by atoms with E-state index in [0.29, 0.717) is 35.8 Å². The maximum absolute atomic E-state index is 13.5. The number of aryl methyl sites for hydroxylation is 2. The summed E-state index contributed by atoms with van der Waals surface area (Å²) >= 11 is 0. The van der Waals surface area contributed by atoms with E-state index in [4.69, 9.17) is 9.26 Å². The lowest BCUT2D eigenvalue weighted by atomic mass is 10.1. The summed E-state index contributed by atoms with van der Waals surface area (Å²) in [5.41, 5.74) is 3.00. The summed E-state index contributed by atoms with van der Waals surface area (Å²) in [6.07, 6.45) is 7.83. The lowest BCUT2D eigenvalue weighted by Gasteiger charge is -2.16. The number of amides is 3. The Balaban J connectivity index is 1.71. The zero-order valence-electron chi connectivity index (χ0n) is 23.0. The number of carbonyl (C=O) groups excluding carboxylic acids is 3. The van der Waals surface area contributed by atoms with Gasteiger partial charge in [-0.2, -0.15) is 0 Å². The summed E-state index contributed by atoms with van der Waals surface area (Å²) in [6, 6.07) is 8.61. The van der Waals surface area contributed by atoms with Crippen molar-refractivity contribution in [3.8, 4) is 0 Å². The molecular formula is C29H35N5O5.